The number of aryl methyl sites for hydroxylation is 1. The molecule has 2 atom stereocenters. The molecule has 3 N–H and O–H groups in total. The summed E-state index contributed by atoms with van der Waals surface area (Å²) in [4.78, 5) is 0. The van der Waals surface area contributed by atoms with Crippen LogP contribution in [-0.4, -0.2) is 28.6 Å². The van der Waals surface area contributed by atoms with Crippen molar-refractivity contribution in [2.75, 3.05) is 6.54 Å². The van der Waals surface area contributed by atoms with Gasteiger partial charge in [-0.1, -0.05) is 12.1 Å². The number of aliphatic hydroxyl groups is 1. The molecule has 1 aliphatic rings. The van der Waals surface area contributed by atoms with Gasteiger partial charge in [0.05, 0.1) is 11.4 Å². The third-order valence-electron chi connectivity index (χ3n) is 5.75. The Hall–Kier alpha value is -2.41. The first-order valence-electron chi connectivity index (χ1n) is 9.90. The maximum Gasteiger partial charge on any atom is 0.326 e. The maximum atomic E-state index is 13.1. The average molecular weight is 432 g/mol. The Morgan fingerprint density at radius 3 is 2.60 bits per heavy atom. The summed E-state index contributed by atoms with van der Waals surface area (Å²) in [6.07, 6.45) is -0.137. The van der Waals surface area contributed by atoms with E-state index in [4.69, 9.17) is 16.3 Å². The van der Waals surface area contributed by atoms with Crippen molar-refractivity contribution in [2.45, 2.75) is 44.9 Å². The molecule has 4 rings (SSSR count). The number of rotatable bonds is 4. The van der Waals surface area contributed by atoms with Gasteiger partial charge in [-0.2, -0.15) is 0 Å². The van der Waals surface area contributed by atoms with Crippen LogP contribution >= 0.6 is 11.6 Å². The zero-order valence-electron chi connectivity index (χ0n) is 17.1. The zero-order chi connectivity index (χ0) is 21.6. The van der Waals surface area contributed by atoms with Crippen molar-refractivity contribution < 1.29 is 24.2 Å². The molecule has 7 heteroatoms. The topological polar surface area (TPSA) is 65.6 Å². The van der Waals surface area contributed by atoms with Crippen LogP contribution in [0.25, 0.3) is 10.9 Å². The molecular weight excluding hydrogens is 407 g/mol. The molecule has 1 aliphatic heterocycles. The van der Waals surface area contributed by atoms with Gasteiger partial charge in [-0.05, 0) is 74.7 Å². The molecule has 158 valence electrons. The predicted octanol–water partition coefficient (Wildman–Crippen LogP) is 3.87. The first kappa shape index (κ1) is 20.8. The van der Waals surface area contributed by atoms with Crippen molar-refractivity contribution in [1.29, 1.82) is 0 Å². The highest BCUT2D eigenvalue weighted by atomic mass is 35.5. The van der Waals surface area contributed by atoms with E-state index in [1.807, 2.05) is 26.8 Å². The van der Waals surface area contributed by atoms with E-state index in [0.29, 0.717) is 24.2 Å². The number of hydrogen-bond donors (Lipinski definition) is 3. The van der Waals surface area contributed by atoms with E-state index in [9.17, 15) is 14.7 Å². The smallest absolute Gasteiger partial charge is 0.326 e. The monoisotopic (exact) mass is 431 g/mol. The van der Waals surface area contributed by atoms with Crippen LogP contribution in [0.2, 0.25) is 5.15 Å². The molecule has 0 bridgehead atoms. The van der Waals surface area contributed by atoms with Crippen LogP contribution in [0.5, 0.6) is 5.75 Å². The fraction of sp³-hybridized carbons (Fsp3) is 0.348. The molecular formula is C23H25ClFN2O3+. The Balaban J connectivity index is 1.69. The molecule has 0 aliphatic carbocycles. The minimum atomic E-state index is -0.817. The van der Waals surface area contributed by atoms with E-state index < -0.39 is 17.7 Å². The van der Waals surface area contributed by atoms with Crippen molar-refractivity contribution in [3.05, 3.63) is 70.1 Å². The highest BCUT2D eigenvalue weighted by molar-refractivity contribution is 6.28. The summed E-state index contributed by atoms with van der Waals surface area (Å²) in [5.74, 6) is 0.392. The van der Waals surface area contributed by atoms with Crippen molar-refractivity contribution in [3.63, 3.8) is 0 Å². The molecule has 0 spiro atoms. The van der Waals surface area contributed by atoms with Gasteiger partial charge in [-0.15, -0.1) is 0 Å². The highest BCUT2D eigenvalue weighted by Gasteiger charge is 2.43. The summed E-state index contributed by atoms with van der Waals surface area (Å²) in [7, 11) is 0. The van der Waals surface area contributed by atoms with Crippen molar-refractivity contribution >= 4 is 22.5 Å². The summed E-state index contributed by atoms with van der Waals surface area (Å²) < 4.78 is 20.2. The molecule has 5 nitrogen and oxygen atoms in total. The molecule has 30 heavy (non-hydrogen) atoms. The second-order valence-corrected chi connectivity index (χ2v) is 8.71. The molecule has 0 fully saturated rings. The first-order valence-corrected chi connectivity index (χ1v) is 10.3. The molecule has 0 amide bonds. The lowest BCUT2D eigenvalue weighted by Crippen LogP contribution is -2.53. The Morgan fingerprint density at radius 2 is 1.90 bits per heavy atom. The van der Waals surface area contributed by atoms with Crippen LogP contribution in [0.1, 0.15) is 36.6 Å². The second kappa shape index (κ2) is 7.69. The summed E-state index contributed by atoms with van der Waals surface area (Å²) >= 11 is 6.14. The summed E-state index contributed by atoms with van der Waals surface area (Å²) in [6, 6.07) is 11.4. The molecule has 2 aromatic carbocycles. The van der Waals surface area contributed by atoms with E-state index in [1.54, 1.807) is 24.3 Å². The summed E-state index contributed by atoms with van der Waals surface area (Å²) in [6.45, 7) is 6.19. The lowest BCUT2D eigenvalue weighted by atomic mass is 9.85. The molecule has 0 unspecified atom stereocenters. The molecule has 1 aromatic heterocycles. The first-order chi connectivity index (χ1) is 14.2. The van der Waals surface area contributed by atoms with Crippen LogP contribution in [0.15, 0.2) is 42.5 Å². The third-order valence-corrected chi connectivity index (χ3v) is 6.02. The van der Waals surface area contributed by atoms with Gasteiger partial charge < -0.3 is 15.2 Å². The Kier molecular flexibility index (Phi) is 5.34. The SMILES string of the molecule is Cc1cc(Cl)[n+](O)c2cc3c(cc12)OC(C)(C)[C@H](O)[C@H]3NCCc1ccc(F)cc1. The van der Waals surface area contributed by atoms with E-state index >= 15 is 0 Å². The quantitative estimate of drug-likeness (QED) is 0.333. The van der Waals surface area contributed by atoms with Crippen LogP contribution in [0.3, 0.4) is 0 Å². The zero-order valence-corrected chi connectivity index (χ0v) is 17.9. The number of hydrogen-bond acceptors (Lipinski definition) is 4. The largest absolute Gasteiger partial charge is 0.485 e. The van der Waals surface area contributed by atoms with Gasteiger partial charge in [0.2, 0.25) is 0 Å². The van der Waals surface area contributed by atoms with E-state index in [1.165, 1.54) is 12.1 Å². The van der Waals surface area contributed by atoms with E-state index in [0.717, 1.165) is 26.8 Å². The van der Waals surface area contributed by atoms with E-state index in [2.05, 4.69) is 5.32 Å². The van der Waals surface area contributed by atoms with Crippen molar-refractivity contribution in [2.24, 2.45) is 0 Å². The number of aromatic nitrogens is 1. The normalized spacial score (nSPS) is 20.1. The number of nitrogens with zero attached hydrogens (tertiary/aromatic N) is 1. The number of pyridine rings is 1. The highest BCUT2D eigenvalue weighted by Crippen LogP contribution is 2.42. The number of aliphatic hydroxyl groups excluding tert-OH is 1. The Labute approximate surface area is 179 Å². The third kappa shape index (κ3) is 3.71. The lowest BCUT2D eigenvalue weighted by molar-refractivity contribution is -0.882. The molecule has 0 saturated heterocycles. The fourth-order valence-corrected chi connectivity index (χ4v) is 4.25. The van der Waals surface area contributed by atoms with Crippen LogP contribution in [0, 0.1) is 12.7 Å². The minimum Gasteiger partial charge on any atom is -0.485 e. The molecule has 0 radical (unpaired) electrons. The molecule has 3 aromatic rings. The van der Waals surface area contributed by atoms with Crippen LogP contribution in [0.4, 0.5) is 4.39 Å². The van der Waals surface area contributed by atoms with Crippen LogP contribution < -0.4 is 14.8 Å². The van der Waals surface area contributed by atoms with Gasteiger partial charge >= 0.3 is 5.15 Å². The number of nitrogens with one attached hydrogen (secondary N) is 1. The lowest BCUT2D eigenvalue weighted by Gasteiger charge is -2.42. The maximum absolute atomic E-state index is 13.1. The fourth-order valence-electron chi connectivity index (χ4n) is 4.00. The second-order valence-electron chi connectivity index (χ2n) is 8.33. The van der Waals surface area contributed by atoms with Gasteiger partial charge in [0.15, 0.2) is 0 Å². The van der Waals surface area contributed by atoms with Gasteiger partial charge in [-0.25, -0.2) is 4.39 Å². The standard InChI is InChI=1S/C23H25ClFN2O3/c1-13-10-20(24)27(29)18-11-17-19(12-16(13)18)30-23(2,3)22(28)21(17)26-9-8-14-4-6-15(25)7-5-14/h4-7,10-12,21-22,26,28-29H,8-9H2,1-3H3/q+1/t21-,22+/m0/s1. The Bertz CT molecular complexity index is 1100. The van der Waals surface area contributed by atoms with Gasteiger partial charge in [-0.3, -0.25) is 5.21 Å². The summed E-state index contributed by atoms with van der Waals surface area (Å²) in [5.41, 5.74) is 2.40. The molecule has 2 heterocycles. The van der Waals surface area contributed by atoms with Crippen LogP contribution in [-0.2, 0) is 6.42 Å². The van der Waals surface area contributed by atoms with Gasteiger partial charge in [0.1, 0.15) is 23.3 Å². The number of fused-ring (bicyclic) bond motifs is 2. The van der Waals surface area contributed by atoms with E-state index in [-0.39, 0.29) is 11.0 Å². The average Bonchev–Trinajstić information content (AvgIpc) is 2.69. The number of ether oxygens (including phenoxy) is 1. The Morgan fingerprint density at radius 1 is 1.20 bits per heavy atom. The number of halogens is 2. The minimum absolute atomic E-state index is 0.207. The van der Waals surface area contributed by atoms with Gasteiger partial charge in [0, 0.05) is 22.4 Å². The molecule has 0 saturated carbocycles. The predicted molar refractivity (Wildman–Crippen MR) is 113 cm³/mol. The van der Waals surface area contributed by atoms with Crippen molar-refractivity contribution in [1.82, 2.24) is 5.32 Å². The van der Waals surface area contributed by atoms with Gasteiger partial charge in [0.25, 0.3) is 5.52 Å². The van der Waals surface area contributed by atoms with Crippen molar-refractivity contribution in [3.8, 4) is 5.75 Å². The number of benzene rings is 2. The summed E-state index contributed by atoms with van der Waals surface area (Å²) in [5, 5.41) is 25.8.